The van der Waals surface area contributed by atoms with Crippen LogP contribution in [0.2, 0.25) is 0 Å². The molecule has 0 atom stereocenters. The van der Waals surface area contributed by atoms with Crippen LogP contribution in [0, 0.1) is 0 Å². The van der Waals surface area contributed by atoms with Gasteiger partial charge in [0.05, 0.1) is 10.7 Å². The van der Waals surface area contributed by atoms with Crippen LogP contribution in [0.15, 0.2) is 21.2 Å². The molecular weight excluding hydrogens is 340 g/mol. The van der Waals surface area contributed by atoms with Crippen LogP contribution < -0.4 is 5.32 Å². The third-order valence-electron chi connectivity index (χ3n) is 3.31. The summed E-state index contributed by atoms with van der Waals surface area (Å²) in [6.07, 6.45) is 5.59. The first-order valence-corrected chi connectivity index (χ1v) is 8.34. The average molecular weight is 355 g/mol. The van der Waals surface area contributed by atoms with Gasteiger partial charge in [0, 0.05) is 17.8 Å². The average Bonchev–Trinajstić information content (AvgIpc) is 3.04. The quantitative estimate of drug-likeness (QED) is 0.915. The van der Waals surface area contributed by atoms with Gasteiger partial charge in [-0.3, -0.25) is 4.79 Å². The van der Waals surface area contributed by atoms with E-state index in [0.29, 0.717) is 17.0 Å². The van der Waals surface area contributed by atoms with E-state index < -0.39 is 0 Å². The molecule has 3 rings (SSSR count). The summed E-state index contributed by atoms with van der Waals surface area (Å²) in [5, 5.41) is 3.98. The zero-order valence-corrected chi connectivity index (χ0v) is 13.3. The van der Waals surface area contributed by atoms with Crippen LogP contribution in [-0.4, -0.2) is 17.4 Å². The van der Waals surface area contributed by atoms with Crippen LogP contribution in [0.25, 0.3) is 0 Å². The van der Waals surface area contributed by atoms with Gasteiger partial charge in [-0.1, -0.05) is 0 Å². The molecule has 0 unspecified atom stereocenters. The highest BCUT2D eigenvalue weighted by atomic mass is 79.9. The number of aryl methyl sites for hydroxylation is 2. The van der Waals surface area contributed by atoms with Crippen molar-refractivity contribution < 1.29 is 9.21 Å². The zero-order valence-electron chi connectivity index (χ0n) is 10.9. The Morgan fingerprint density at radius 3 is 3.00 bits per heavy atom. The number of furan rings is 1. The van der Waals surface area contributed by atoms with Crippen molar-refractivity contribution in [2.45, 2.75) is 32.1 Å². The second-order valence-corrected chi connectivity index (χ2v) is 6.74. The van der Waals surface area contributed by atoms with Crippen LogP contribution in [-0.2, 0) is 19.3 Å². The van der Waals surface area contributed by atoms with Gasteiger partial charge in [0.15, 0.2) is 10.4 Å². The Bertz CT molecular complexity index is 597. The van der Waals surface area contributed by atoms with E-state index >= 15 is 0 Å². The molecule has 4 nitrogen and oxygen atoms in total. The van der Waals surface area contributed by atoms with Crippen molar-refractivity contribution in [2.75, 3.05) is 6.54 Å². The second-order valence-electron chi connectivity index (χ2n) is 4.79. The first kappa shape index (κ1) is 13.8. The molecule has 6 heteroatoms. The van der Waals surface area contributed by atoms with E-state index in [0.717, 1.165) is 17.8 Å². The molecule has 20 heavy (non-hydrogen) atoms. The summed E-state index contributed by atoms with van der Waals surface area (Å²) in [5.74, 6) is 0.146. The third kappa shape index (κ3) is 3.12. The Morgan fingerprint density at radius 2 is 2.25 bits per heavy atom. The number of rotatable bonds is 4. The Labute approximate surface area is 129 Å². The fourth-order valence-electron chi connectivity index (χ4n) is 2.32. The number of halogens is 1. The SMILES string of the molecule is O=C(NCCc1nc2c(s1)CCCC2)c1ccc(Br)o1. The zero-order chi connectivity index (χ0) is 13.9. The van der Waals surface area contributed by atoms with Crippen molar-refractivity contribution in [3.8, 4) is 0 Å². The number of carbonyl (C=O) groups is 1. The van der Waals surface area contributed by atoms with E-state index in [4.69, 9.17) is 4.42 Å². The molecule has 0 aromatic carbocycles. The van der Waals surface area contributed by atoms with E-state index in [2.05, 4.69) is 26.2 Å². The van der Waals surface area contributed by atoms with Crippen molar-refractivity contribution in [1.82, 2.24) is 10.3 Å². The van der Waals surface area contributed by atoms with Crippen LogP contribution >= 0.6 is 27.3 Å². The molecule has 0 saturated heterocycles. The first-order chi connectivity index (χ1) is 9.72. The summed E-state index contributed by atoms with van der Waals surface area (Å²) in [4.78, 5) is 17.9. The van der Waals surface area contributed by atoms with Gasteiger partial charge in [-0.2, -0.15) is 0 Å². The summed E-state index contributed by atoms with van der Waals surface area (Å²) in [6, 6.07) is 3.37. The van der Waals surface area contributed by atoms with Gasteiger partial charge in [0.2, 0.25) is 0 Å². The van der Waals surface area contributed by atoms with E-state index in [1.807, 2.05) is 0 Å². The summed E-state index contributed by atoms with van der Waals surface area (Å²) in [7, 11) is 0. The highest BCUT2D eigenvalue weighted by Crippen LogP contribution is 2.26. The largest absolute Gasteiger partial charge is 0.444 e. The molecule has 1 aliphatic rings. The maximum Gasteiger partial charge on any atom is 0.287 e. The minimum atomic E-state index is -0.183. The number of amides is 1. The minimum Gasteiger partial charge on any atom is -0.444 e. The molecule has 0 spiro atoms. The van der Waals surface area contributed by atoms with Gasteiger partial charge in [-0.05, 0) is 53.7 Å². The van der Waals surface area contributed by atoms with Gasteiger partial charge < -0.3 is 9.73 Å². The molecule has 106 valence electrons. The van der Waals surface area contributed by atoms with E-state index in [9.17, 15) is 4.79 Å². The monoisotopic (exact) mass is 354 g/mol. The number of nitrogens with one attached hydrogen (secondary N) is 1. The van der Waals surface area contributed by atoms with Crippen LogP contribution in [0.4, 0.5) is 0 Å². The lowest BCUT2D eigenvalue weighted by molar-refractivity contribution is 0.0925. The Kier molecular flexibility index (Phi) is 4.21. The first-order valence-electron chi connectivity index (χ1n) is 6.73. The molecule has 0 aliphatic heterocycles. The van der Waals surface area contributed by atoms with Crippen molar-refractivity contribution in [1.29, 1.82) is 0 Å². The number of nitrogens with zero attached hydrogens (tertiary/aromatic N) is 1. The predicted molar refractivity (Wildman–Crippen MR) is 81.2 cm³/mol. The third-order valence-corrected chi connectivity index (χ3v) is 4.95. The van der Waals surface area contributed by atoms with E-state index in [1.54, 1.807) is 23.5 Å². The Morgan fingerprint density at radius 1 is 1.40 bits per heavy atom. The summed E-state index contributed by atoms with van der Waals surface area (Å²) in [6.45, 7) is 0.587. The number of thiazole rings is 1. The van der Waals surface area contributed by atoms with Gasteiger partial charge in [0.25, 0.3) is 5.91 Å². The topological polar surface area (TPSA) is 55.1 Å². The predicted octanol–water partition coefficient (Wildman–Crippen LogP) is 3.35. The number of aromatic nitrogens is 1. The van der Waals surface area contributed by atoms with Crippen LogP contribution in [0.3, 0.4) is 0 Å². The lowest BCUT2D eigenvalue weighted by atomic mass is 10.0. The summed E-state index contributed by atoms with van der Waals surface area (Å²) in [5.41, 5.74) is 1.28. The minimum absolute atomic E-state index is 0.183. The summed E-state index contributed by atoms with van der Waals surface area (Å²) < 4.78 is 5.77. The molecule has 0 radical (unpaired) electrons. The lowest BCUT2D eigenvalue weighted by Gasteiger charge is -2.06. The van der Waals surface area contributed by atoms with Crippen molar-refractivity contribution in [3.05, 3.63) is 38.1 Å². The second kappa shape index (κ2) is 6.10. The van der Waals surface area contributed by atoms with Crippen LogP contribution in [0.5, 0.6) is 0 Å². The highest BCUT2D eigenvalue weighted by Gasteiger charge is 2.15. The fraction of sp³-hybridized carbons (Fsp3) is 0.429. The molecule has 1 aliphatic carbocycles. The van der Waals surface area contributed by atoms with Gasteiger partial charge in [-0.15, -0.1) is 11.3 Å². The van der Waals surface area contributed by atoms with Gasteiger partial charge in [-0.25, -0.2) is 4.98 Å². The summed E-state index contributed by atoms with van der Waals surface area (Å²) >= 11 is 4.98. The number of carbonyl (C=O) groups excluding carboxylic acids is 1. The molecule has 2 aromatic rings. The van der Waals surface area contributed by atoms with Gasteiger partial charge >= 0.3 is 0 Å². The Balaban J connectivity index is 1.52. The number of hydrogen-bond donors (Lipinski definition) is 1. The maximum atomic E-state index is 11.8. The van der Waals surface area contributed by atoms with Crippen molar-refractivity contribution in [3.63, 3.8) is 0 Å². The molecular formula is C14H15BrN2O2S. The van der Waals surface area contributed by atoms with Crippen LogP contribution in [0.1, 0.15) is 39.0 Å². The van der Waals surface area contributed by atoms with Crippen molar-refractivity contribution in [2.24, 2.45) is 0 Å². The highest BCUT2D eigenvalue weighted by molar-refractivity contribution is 9.10. The smallest absolute Gasteiger partial charge is 0.287 e. The lowest BCUT2D eigenvalue weighted by Crippen LogP contribution is -2.25. The molecule has 2 aromatic heterocycles. The number of hydrogen-bond acceptors (Lipinski definition) is 4. The molecule has 1 N–H and O–H groups in total. The Hall–Kier alpha value is -1.14. The normalized spacial score (nSPS) is 14.1. The fourth-order valence-corrected chi connectivity index (χ4v) is 3.78. The van der Waals surface area contributed by atoms with E-state index in [1.165, 1.54) is 29.8 Å². The maximum absolute atomic E-state index is 11.8. The molecule has 2 heterocycles. The molecule has 1 amide bonds. The van der Waals surface area contributed by atoms with E-state index in [-0.39, 0.29) is 5.91 Å². The standard InChI is InChI=1S/C14H15BrN2O2S/c15-12-6-5-10(19-12)14(18)16-8-7-13-17-9-3-1-2-4-11(9)20-13/h5-6H,1-4,7-8H2,(H,16,18). The molecule has 0 fully saturated rings. The van der Waals surface area contributed by atoms with Gasteiger partial charge in [0.1, 0.15) is 0 Å². The molecule has 0 bridgehead atoms. The number of fused-ring (bicyclic) bond motifs is 1. The molecule has 0 saturated carbocycles. The van der Waals surface area contributed by atoms with Crippen molar-refractivity contribution >= 4 is 33.2 Å².